The molecule has 0 saturated carbocycles. The molecule has 0 aliphatic rings. The second kappa shape index (κ2) is 12.0. The average molecular weight is 402 g/mol. The number of ether oxygens (including phenoxy) is 1. The van der Waals surface area contributed by atoms with Crippen LogP contribution in [0.5, 0.6) is 0 Å². The van der Waals surface area contributed by atoms with Crippen molar-refractivity contribution in [2.45, 2.75) is 90.4 Å². The summed E-state index contributed by atoms with van der Waals surface area (Å²) in [7, 11) is -1.35. The number of unbranched alkanes of at least 4 members (excludes halogenated alkanes) is 3. The maximum Gasteiger partial charge on any atom is 0.211 e. The largest absolute Gasteiger partial charge is 0.478 e. The summed E-state index contributed by atoms with van der Waals surface area (Å²) in [5.41, 5.74) is 1.93. The molecule has 0 bridgehead atoms. The summed E-state index contributed by atoms with van der Waals surface area (Å²) in [4.78, 5) is 0. The summed E-state index contributed by atoms with van der Waals surface area (Å²) in [6.07, 6.45) is 10.3. The molecule has 156 valence electrons. The van der Waals surface area contributed by atoms with Gasteiger partial charge in [-0.3, -0.25) is 0 Å². The normalized spacial score (nSPS) is 12.6. The number of nitrogens with zero attached hydrogens (tertiary/aromatic N) is 3. The van der Waals surface area contributed by atoms with E-state index in [0.29, 0.717) is 6.61 Å². The molecule has 0 amide bonds. The van der Waals surface area contributed by atoms with E-state index >= 15 is 0 Å². The standard InChI is InChI=1S/C23H39N3OSi/c1-5-9-17-28(18-10-6-2,19-11-7-3)20-16-23(27-8-4)26-22-15-13-12-14-21(22)24-25-26/h12-16H,5-11,17-20H2,1-4H3/b23-16+. The zero-order chi connectivity index (χ0) is 20.2. The summed E-state index contributed by atoms with van der Waals surface area (Å²) in [6, 6.07) is 13.6. The highest BCUT2D eigenvalue weighted by atomic mass is 28.3. The van der Waals surface area contributed by atoms with Crippen LogP contribution in [0, 0.1) is 0 Å². The smallest absolute Gasteiger partial charge is 0.211 e. The Kier molecular flexibility index (Phi) is 9.75. The first-order valence-corrected chi connectivity index (χ1v) is 14.2. The van der Waals surface area contributed by atoms with Crippen molar-refractivity contribution in [2.75, 3.05) is 6.61 Å². The van der Waals surface area contributed by atoms with E-state index in [-0.39, 0.29) is 0 Å². The third kappa shape index (κ3) is 6.19. The Labute approximate surface area is 172 Å². The monoisotopic (exact) mass is 401 g/mol. The number of hydrogen-bond acceptors (Lipinski definition) is 3. The van der Waals surface area contributed by atoms with Crippen molar-refractivity contribution in [3.8, 4) is 0 Å². The summed E-state index contributed by atoms with van der Waals surface area (Å²) in [6.45, 7) is 9.65. The molecule has 28 heavy (non-hydrogen) atoms. The van der Waals surface area contributed by atoms with Crippen molar-refractivity contribution in [3.63, 3.8) is 0 Å². The van der Waals surface area contributed by atoms with Crippen LogP contribution in [-0.4, -0.2) is 29.7 Å². The van der Waals surface area contributed by atoms with Crippen LogP contribution in [0.15, 0.2) is 30.3 Å². The van der Waals surface area contributed by atoms with Gasteiger partial charge in [-0.1, -0.05) is 94.8 Å². The van der Waals surface area contributed by atoms with Gasteiger partial charge in [0, 0.05) is 0 Å². The first kappa shape index (κ1) is 22.7. The van der Waals surface area contributed by atoms with E-state index in [0.717, 1.165) is 16.9 Å². The summed E-state index contributed by atoms with van der Waals surface area (Å²) in [5, 5.41) is 8.71. The van der Waals surface area contributed by atoms with Gasteiger partial charge in [-0.05, 0) is 31.2 Å². The Morgan fingerprint density at radius 3 is 2.14 bits per heavy atom. The Hall–Kier alpha value is -1.62. The maximum atomic E-state index is 6.05. The number of fused-ring (bicyclic) bond motifs is 1. The third-order valence-corrected chi connectivity index (χ3v) is 11.1. The Balaban J connectivity index is 2.32. The Morgan fingerprint density at radius 2 is 1.57 bits per heavy atom. The number of para-hydroxylation sites is 1. The molecule has 0 fully saturated rings. The van der Waals surface area contributed by atoms with Crippen LogP contribution in [0.4, 0.5) is 0 Å². The van der Waals surface area contributed by atoms with Crippen LogP contribution in [0.3, 0.4) is 0 Å². The fourth-order valence-electron chi connectivity index (χ4n) is 4.03. The van der Waals surface area contributed by atoms with Gasteiger partial charge in [0.15, 0.2) is 0 Å². The first-order valence-electron chi connectivity index (χ1n) is 11.3. The molecule has 0 N–H and O–H groups in total. The average Bonchev–Trinajstić information content (AvgIpc) is 3.15. The molecule has 2 rings (SSSR count). The van der Waals surface area contributed by atoms with E-state index in [4.69, 9.17) is 4.74 Å². The number of benzene rings is 1. The molecular formula is C23H39N3OSi. The number of rotatable bonds is 14. The van der Waals surface area contributed by atoms with Crippen LogP contribution in [0.1, 0.15) is 66.2 Å². The van der Waals surface area contributed by atoms with Gasteiger partial charge >= 0.3 is 0 Å². The van der Waals surface area contributed by atoms with Gasteiger partial charge in [0.2, 0.25) is 5.88 Å². The van der Waals surface area contributed by atoms with Crippen molar-refractivity contribution < 1.29 is 4.74 Å². The van der Waals surface area contributed by atoms with Gasteiger partial charge in [-0.25, -0.2) is 0 Å². The van der Waals surface area contributed by atoms with Gasteiger partial charge < -0.3 is 4.74 Å². The van der Waals surface area contributed by atoms with Gasteiger partial charge in [0.05, 0.1) is 20.2 Å². The van der Waals surface area contributed by atoms with Crippen LogP contribution in [-0.2, 0) is 4.74 Å². The molecular weight excluding hydrogens is 362 g/mol. The molecule has 4 nitrogen and oxygen atoms in total. The van der Waals surface area contributed by atoms with Crippen LogP contribution < -0.4 is 0 Å². The van der Waals surface area contributed by atoms with E-state index in [1.807, 2.05) is 29.8 Å². The molecule has 1 aromatic carbocycles. The third-order valence-electron chi connectivity index (χ3n) is 5.74. The van der Waals surface area contributed by atoms with Crippen molar-refractivity contribution in [1.82, 2.24) is 15.0 Å². The van der Waals surface area contributed by atoms with E-state index in [9.17, 15) is 0 Å². The minimum atomic E-state index is -1.35. The van der Waals surface area contributed by atoms with Crippen molar-refractivity contribution >= 4 is 25.0 Å². The fraction of sp³-hybridized carbons (Fsp3) is 0.652. The lowest BCUT2D eigenvalue weighted by Gasteiger charge is -2.31. The highest BCUT2D eigenvalue weighted by Crippen LogP contribution is 2.33. The number of hydrogen-bond donors (Lipinski definition) is 0. The number of allylic oxidation sites excluding steroid dienone is 1. The van der Waals surface area contributed by atoms with E-state index < -0.39 is 8.07 Å². The van der Waals surface area contributed by atoms with E-state index in [2.05, 4.69) is 43.2 Å². The molecule has 0 spiro atoms. The zero-order valence-electron chi connectivity index (χ0n) is 18.4. The summed E-state index contributed by atoms with van der Waals surface area (Å²) < 4.78 is 7.93. The Bertz CT molecular complexity index is 704. The number of aromatic nitrogens is 3. The quantitative estimate of drug-likeness (QED) is 0.250. The second-order valence-corrected chi connectivity index (χ2v) is 12.9. The Morgan fingerprint density at radius 1 is 0.964 bits per heavy atom. The molecule has 1 heterocycles. The maximum absolute atomic E-state index is 6.05. The lowest BCUT2D eigenvalue weighted by atomic mass is 10.3. The minimum Gasteiger partial charge on any atom is -0.478 e. The minimum absolute atomic E-state index is 0.646. The van der Waals surface area contributed by atoms with Crippen LogP contribution in [0.2, 0.25) is 24.2 Å². The molecule has 2 aromatic rings. The lowest BCUT2D eigenvalue weighted by Crippen LogP contribution is -2.33. The van der Waals surface area contributed by atoms with Crippen molar-refractivity contribution in [2.24, 2.45) is 0 Å². The molecule has 5 heteroatoms. The van der Waals surface area contributed by atoms with Gasteiger partial charge in [0.1, 0.15) is 5.52 Å². The lowest BCUT2D eigenvalue weighted by molar-refractivity contribution is 0.272. The molecule has 0 aliphatic carbocycles. The summed E-state index contributed by atoms with van der Waals surface area (Å²) in [5.74, 6) is 0.859. The van der Waals surface area contributed by atoms with Gasteiger partial charge in [0.25, 0.3) is 0 Å². The van der Waals surface area contributed by atoms with Gasteiger partial charge in [-0.2, -0.15) is 4.68 Å². The molecule has 0 atom stereocenters. The topological polar surface area (TPSA) is 39.9 Å². The van der Waals surface area contributed by atoms with Crippen LogP contribution in [0.25, 0.3) is 16.9 Å². The second-order valence-electron chi connectivity index (χ2n) is 7.98. The molecule has 0 unspecified atom stereocenters. The molecule has 0 saturated heterocycles. The first-order chi connectivity index (χ1) is 13.7. The SMILES string of the molecule is CCCC[Si](C/C=C(/OCC)n1nnc2ccccc21)(CCCC)CCCC. The van der Waals surface area contributed by atoms with Crippen molar-refractivity contribution in [3.05, 3.63) is 30.3 Å². The summed E-state index contributed by atoms with van der Waals surface area (Å²) >= 11 is 0. The predicted molar refractivity (Wildman–Crippen MR) is 123 cm³/mol. The molecule has 0 radical (unpaired) electrons. The van der Waals surface area contributed by atoms with Crippen LogP contribution >= 0.6 is 0 Å². The molecule has 1 aromatic heterocycles. The highest BCUT2D eigenvalue weighted by molar-refractivity contribution is 6.80. The van der Waals surface area contributed by atoms with Gasteiger partial charge in [-0.15, -0.1) is 5.10 Å². The van der Waals surface area contributed by atoms with Crippen molar-refractivity contribution in [1.29, 1.82) is 0 Å². The molecule has 0 aliphatic heterocycles. The van der Waals surface area contributed by atoms with E-state index in [1.165, 1.54) is 62.7 Å². The van der Waals surface area contributed by atoms with E-state index in [1.54, 1.807) is 0 Å². The highest BCUT2D eigenvalue weighted by Gasteiger charge is 2.30. The zero-order valence-corrected chi connectivity index (χ0v) is 19.4. The fourth-order valence-corrected chi connectivity index (χ4v) is 9.31. The predicted octanol–water partition coefficient (Wildman–Crippen LogP) is 7.12.